The minimum atomic E-state index is -4.78. The van der Waals surface area contributed by atoms with E-state index in [1.54, 1.807) is 12.1 Å². The van der Waals surface area contributed by atoms with Gasteiger partial charge in [-0.25, -0.2) is 8.42 Å². The molecular formula is C27H26F3N7O5S. The molecule has 16 heteroatoms. The van der Waals surface area contributed by atoms with E-state index in [0.29, 0.717) is 29.9 Å². The summed E-state index contributed by atoms with van der Waals surface area (Å²) in [6.07, 6.45) is -0.434. The van der Waals surface area contributed by atoms with E-state index in [9.17, 15) is 26.4 Å². The molecule has 12 nitrogen and oxygen atoms in total. The fraction of sp³-hybridized carbons (Fsp3) is 0.370. The van der Waals surface area contributed by atoms with Crippen LogP contribution in [0.15, 0.2) is 56.3 Å². The lowest BCUT2D eigenvalue weighted by Crippen LogP contribution is -2.45. The first-order valence-corrected chi connectivity index (χ1v) is 15.1. The number of carbonyl (C=O) groups is 1. The summed E-state index contributed by atoms with van der Waals surface area (Å²) in [6, 6.07) is 9.07. The lowest BCUT2D eigenvalue weighted by molar-refractivity contribution is -0.159. The first-order valence-electron chi connectivity index (χ1n) is 13.4. The molecule has 1 saturated carbocycles. The molecule has 1 amide bonds. The second-order valence-corrected chi connectivity index (χ2v) is 12.7. The van der Waals surface area contributed by atoms with E-state index < -0.39 is 45.1 Å². The molecule has 0 unspecified atom stereocenters. The normalized spacial score (nSPS) is 20.1. The van der Waals surface area contributed by atoms with Gasteiger partial charge in [0.05, 0.1) is 34.5 Å². The number of anilines is 1. The Morgan fingerprint density at radius 3 is 2.40 bits per heavy atom. The van der Waals surface area contributed by atoms with E-state index in [1.807, 2.05) is 0 Å². The third-order valence-electron chi connectivity index (χ3n) is 7.63. The number of aromatic nitrogens is 4. The van der Waals surface area contributed by atoms with Crippen LogP contribution in [-0.2, 0) is 32.9 Å². The molecular weight excluding hydrogens is 591 g/mol. The fourth-order valence-corrected chi connectivity index (χ4v) is 6.90. The summed E-state index contributed by atoms with van der Waals surface area (Å²) in [5, 5.41) is 11.7. The van der Waals surface area contributed by atoms with Crippen LogP contribution in [0, 0.1) is 0 Å². The van der Waals surface area contributed by atoms with Crippen molar-refractivity contribution in [2.24, 2.45) is 11.5 Å². The third kappa shape index (κ3) is 5.52. The molecule has 2 aromatic heterocycles. The summed E-state index contributed by atoms with van der Waals surface area (Å²) in [6.45, 7) is -0.0974. The predicted octanol–water partition coefficient (Wildman–Crippen LogP) is 3.57. The Kier molecular flexibility index (Phi) is 7.09. The third-order valence-corrected chi connectivity index (χ3v) is 9.45. The SMILES string of the molecule is N[C@H]1CS(=O)(=O)c2ccc(-c3nnc(C4(N)CCCCC4)o3)cc2N(Cc2ccc(-c3noc(C(F)(F)F)n3)cc2)C1=O. The van der Waals surface area contributed by atoms with Crippen LogP contribution >= 0.6 is 0 Å². The van der Waals surface area contributed by atoms with Gasteiger partial charge in [-0.05, 0) is 36.6 Å². The van der Waals surface area contributed by atoms with Gasteiger partial charge in [0.2, 0.25) is 23.5 Å². The van der Waals surface area contributed by atoms with E-state index in [1.165, 1.54) is 35.2 Å². The van der Waals surface area contributed by atoms with Crippen molar-refractivity contribution < 1.29 is 35.3 Å². The maximum Gasteiger partial charge on any atom is 0.471 e. The highest BCUT2D eigenvalue weighted by molar-refractivity contribution is 7.91. The highest BCUT2D eigenvalue weighted by Crippen LogP contribution is 2.38. The number of hydrogen-bond donors (Lipinski definition) is 2. The summed E-state index contributed by atoms with van der Waals surface area (Å²) in [5.41, 5.74) is 13.1. The van der Waals surface area contributed by atoms with Crippen LogP contribution in [0.4, 0.5) is 18.9 Å². The quantitative estimate of drug-likeness (QED) is 0.334. The maximum absolute atomic E-state index is 13.4. The Bertz CT molecular complexity index is 1780. The maximum atomic E-state index is 13.4. The molecule has 0 saturated heterocycles. The van der Waals surface area contributed by atoms with Gasteiger partial charge in [-0.15, -0.1) is 10.2 Å². The van der Waals surface area contributed by atoms with E-state index >= 15 is 0 Å². The Labute approximate surface area is 243 Å². The number of halogens is 3. The van der Waals surface area contributed by atoms with Crippen LogP contribution in [0.25, 0.3) is 22.8 Å². The number of fused-ring (bicyclic) bond motifs is 1. The average molecular weight is 618 g/mol. The largest absolute Gasteiger partial charge is 0.471 e. The van der Waals surface area contributed by atoms with Crippen LogP contribution in [0.5, 0.6) is 0 Å². The van der Waals surface area contributed by atoms with Crippen molar-refractivity contribution in [3.05, 3.63) is 59.8 Å². The van der Waals surface area contributed by atoms with Crippen molar-refractivity contribution >= 4 is 21.4 Å². The number of sulfone groups is 1. The highest BCUT2D eigenvalue weighted by Gasteiger charge is 2.39. The molecule has 4 aromatic rings. The van der Waals surface area contributed by atoms with Crippen molar-refractivity contribution in [1.82, 2.24) is 20.3 Å². The van der Waals surface area contributed by atoms with Gasteiger partial charge in [0, 0.05) is 11.1 Å². The lowest BCUT2D eigenvalue weighted by atomic mass is 9.82. The molecule has 4 N–H and O–H groups in total. The molecule has 2 aliphatic rings. The van der Waals surface area contributed by atoms with Gasteiger partial charge in [-0.3, -0.25) is 4.79 Å². The monoisotopic (exact) mass is 617 g/mol. The van der Waals surface area contributed by atoms with Crippen molar-refractivity contribution in [2.45, 2.75) is 61.3 Å². The highest BCUT2D eigenvalue weighted by atomic mass is 32.2. The molecule has 2 aromatic carbocycles. The van der Waals surface area contributed by atoms with Crippen LogP contribution in [0.2, 0.25) is 0 Å². The van der Waals surface area contributed by atoms with E-state index in [0.717, 1.165) is 19.3 Å². The number of rotatable bonds is 5. The molecule has 1 aliphatic carbocycles. The van der Waals surface area contributed by atoms with Crippen molar-refractivity contribution in [3.63, 3.8) is 0 Å². The number of hydrogen-bond acceptors (Lipinski definition) is 11. The standard InChI is InChI=1S/C27H26F3N7O5S/c28-27(29,30)25-33-21(36-42-25)16-6-4-15(5-7-16)13-37-19-12-17(8-9-20(19)43(39,40)14-18(31)23(37)38)22-34-35-24(41-22)26(32)10-2-1-3-11-26/h4-9,12,18H,1-3,10-11,13-14,31-32H2/t18-/m0/s1. The minimum Gasteiger partial charge on any atom is -0.419 e. The summed E-state index contributed by atoms with van der Waals surface area (Å²) < 4.78 is 75.2. The topological polar surface area (TPSA) is 184 Å². The van der Waals surface area contributed by atoms with Gasteiger partial charge < -0.3 is 25.3 Å². The van der Waals surface area contributed by atoms with Gasteiger partial charge in [0.15, 0.2) is 9.84 Å². The molecule has 43 heavy (non-hydrogen) atoms. The Balaban J connectivity index is 1.34. The number of nitrogens with two attached hydrogens (primary N) is 2. The van der Waals surface area contributed by atoms with Crippen molar-refractivity contribution in [1.29, 1.82) is 0 Å². The summed E-state index contributed by atoms with van der Waals surface area (Å²) >= 11 is 0. The van der Waals surface area contributed by atoms with Crippen molar-refractivity contribution in [3.8, 4) is 22.8 Å². The Morgan fingerprint density at radius 1 is 1.02 bits per heavy atom. The zero-order valence-corrected chi connectivity index (χ0v) is 23.4. The van der Waals surface area contributed by atoms with E-state index in [2.05, 4.69) is 24.9 Å². The van der Waals surface area contributed by atoms with Gasteiger partial charge in [0.25, 0.3) is 0 Å². The Hall–Kier alpha value is -4.15. The molecule has 1 fully saturated rings. The first kappa shape index (κ1) is 28.9. The van der Waals surface area contributed by atoms with Crippen LogP contribution in [-0.4, -0.2) is 46.5 Å². The van der Waals surface area contributed by atoms with Crippen molar-refractivity contribution in [2.75, 3.05) is 10.7 Å². The molecule has 0 spiro atoms. The summed E-state index contributed by atoms with van der Waals surface area (Å²) in [4.78, 5) is 17.9. The minimum absolute atomic E-state index is 0.0763. The van der Waals surface area contributed by atoms with Gasteiger partial charge >= 0.3 is 12.1 Å². The molecule has 0 radical (unpaired) electrons. The number of nitrogens with zero attached hydrogens (tertiary/aromatic N) is 5. The second kappa shape index (κ2) is 10.5. The fourth-order valence-electron chi connectivity index (χ4n) is 5.34. The van der Waals surface area contributed by atoms with Crippen LogP contribution in [0.3, 0.4) is 0 Å². The molecule has 3 heterocycles. The number of amides is 1. The smallest absolute Gasteiger partial charge is 0.419 e. The van der Waals surface area contributed by atoms with E-state index in [4.69, 9.17) is 15.9 Å². The summed E-state index contributed by atoms with van der Waals surface area (Å²) in [7, 11) is -3.95. The number of alkyl halides is 3. The van der Waals surface area contributed by atoms with Gasteiger partial charge in [0.1, 0.15) is 0 Å². The molecule has 1 aliphatic heterocycles. The molecule has 6 rings (SSSR count). The van der Waals surface area contributed by atoms with Crippen LogP contribution < -0.4 is 16.4 Å². The lowest BCUT2D eigenvalue weighted by Gasteiger charge is -2.29. The second-order valence-electron chi connectivity index (χ2n) is 10.7. The zero-order valence-electron chi connectivity index (χ0n) is 22.5. The molecule has 1 atom stereocenters. The Morgan fingerprint density at radius 2 is 1.72 bits per heavy atom. The first-order chi connectivity index (χ1) is 20.3. The van der Waals surface area contributed by atoms with Crippen LogP contribution in [0.1, 0.15) is 49.4 Å². The molecule has 226 valence electrons. The predicted molar refractivity (Wildman–Crippen MR) is 145 cm³/mol. The number of benzene rings is 2. The van der Waals surface area contributed by atoms with E-state index in [-0.39, 0.29) is 34.4 Å². The number of carbonyl (C=O) groups excluding carboxylic acids is 1. The zero-order chi connectivity index (χ0) is 30.6. The molecule has 0 bridgehead atoms. The van der Waals surface area contributed by atoms with Gasteiger partial charge in [-0.1, -0.05) is 48.7 Å². The van der Waals surface area contributed by atoms with Gasteiger partial charge in [-0.2, -0.15) is 18.2 Å². The summed E-state index contributed by atoms with van der Waals surface area (Å²) in [5.74, 6) is -2.55. The average Bonchev–Trinajstić information content (AvgIpc) is 3.66.